The molecule has 4 atom stereocenters. The molecule has 0 saturated carbocycles. The summed E-state index contributed by atoms with van der Waals surface area (Å²) in [6.07, 6.45) is -3.31. The molecule has 2 aromatic rings. The van der Waals surface area contributed by atoms with Crippen molar-refractivity contribution >= 4 is 11.8 Å². The summed E-state index contributed by atoms with van der Waals surface area (Å²) in [7, 11) is 1.56. The fourth-order valence-electron chi connectivity index (χ4n) is 2.44. The molecule has 6 nitrogen and oxygen atoms in total. The van der Waals surface area contributed by atoms with E-state index in [2.05, 4.69) is 4.98 Å². The molecule has 1 aromatic heterocycles. The quantitative estimate of drug-likeness (QED) is 0.766. The second kappa shape index (κ2) is 7.40. The van der Waals surface area contributed by atoms with E-state index < -0.39 is 23.7 Å². The van der Waals surface area contributed by atoms with Gasteiger partial charge in [-0.15, -0.1) is 11.8 Å². The number of pyridine rings is 1. The first-order valence-corrected chi connectivity index (χ1v) is 8.57. The van der Waals surface area contributed by atoms with Crippen molar-refractivity contribution in [2.75, 3.05) is 12.9 Å². The smallest absolute Gasteiger partial charge is 0.213 e. The van der Waals surface area contributed by atoms with Crippen molar-refractivity contribution in [3.63, 3.8) is 0 Å². The van der Waals surface area contributed by atoms with Crippen molar-refractivity contribution in [1.82, 2.24) is 4.98 Å². The van der Waals surface area contributed by atoms with Crippen LogP contribution in [-0.2, 0) is 0 Å². The number of hydrogen-bond acceptors (Lipinski definition) is 7. The lowest BCUT2D eigenvalue weighted by molar-refractivity contribution is -0.0786. The molecule has 3 N–H and O–H groups in total. The van der Waals surface area contributed by atoms with Gasteiger partial charge in [0, 0.05) is 17.4 Å². The largest absolute Gasteiger partial charge is 0.481 e. The van der Waals surface area contributed by atoms with Crippen LogP contribution >= 0.6 is 11.8 Å². The third kappa shape index (κ3) is 3.64. The number of hydrogen-bond donors (Lipinski definition) is 3. The maximum atomic E-state index is 10.0. The van der Waals surface area contributed by atoms with Crippen LogP contribution in [0.1, 0.15) is 0 Å². The van der Waals surface area contributed by atoms with Crippen molar-refractivity contribution in [2.24, 2.45) is 0 Å². The highest BCUT2D eigenvalue weighted by molar-refractivity contribution is 7.99. The van der Waals surface area contributed by atoms with Crippen LogP contribution in [0.5, 0.6) is 11.6 Å². The van der Waals surface area contributed by atoms with Gasteiger partial charge in [0.05, 0.1) is 18.9 Å². The summed E-state index contributed by atoms with van der Waals surface area (Å²) in [4.78, 5) is 4.38. The molecule has 0 unspecified atom stereocenters. The molecular weight excluding hydrogens is 330 g/mol. The summed E-state index contributed by atoms with van der Waals surface area (Å²) in [5, 5.41) is 29.4. The molecule has 7 heteroatoms. The second-order valence-corrected chi connectivity index (χ2v) is 6.59. The summed E-state index contributed by atoms with van der Waals surface area (Å²) < 4.78 is 10.9. The Bertz CT molecular complexity index is 698. The SMILES string of the molecule is COc1cccc(-c2cccc(O[C@H]3SC[C@@H](O)[C@H](O)[C@H]3O)c2)n1. The van der Waals surface area contributed by atoms with Crippen LogP contribution in [0.2, 0.25) is 0 Å². The maximum Gasteiger partial charge on any atom is 0.213 e. The number of benzene rings is 1. The normalized spacial score (nSPS) is 26.8. The van der Waals surface area contributed by atoms with Crippen LogP contribution in [0.3, 0.4) is 0 Å². The Kier molecular flexibility index (Phi) is 5.25. The van der Waals surface area contributed by atoms with E-state index in [-0.39, 0.29) is 0 Å². The molecule has 3 rings (SSSR count). The molecule has 1 aromatic carbocycles. The van der Waals surface area contributed by atoms with E-state index in [0.29, 0.717) is 17.4 Å². The van der Waals surface area contributed by atoms with Gasteiger partial charge in [0.15, 0.2) is 5.44 Å². The first kappa shape index (κ1) is 17.0. The first-order valence-electron chi connectivity index (χ1n) is 7.52. The fourth-order valence-corrected chi connectivity index (χ4v) is 3.56. The summed E-state index contributed by atoms with van der Waals surface area (Å²) in [5.41, 5.74) is 0.950. The van der Waals surface area contributed by atoms with Crippen LogP contribution in [0, 0.1) is 0 Å². The zero-order valence-electron chi connectivity index (χ0n) is 13.1. The lowest BCUT2D eigenvalue weighted by Gasteiger charge is -2.34. The monoisotopic (exact) mass is 349 g/mol. The molecule has 1 aliphatic rings. The predicted molar refractivity (Wildman–Crippen MR) is 91.1 cm³/mol. The van der Waals surface area contributed by atoms with Gasteiger partial charge >= 0.3 is 0 Å². The average Bonchev–Trinajstić information content (AvgIpc) is 2.62. The van der Waals surface area contributed by atoms with E-state index >= 15 is 0 Å². The molecule has 0 amide bonds. The summed E-state index contributed by atoms with van der Waals surface area (Å²) in [6, 6.07) is 12.8. The summed E-state index contributed by atoms with van der Waals surface area (Å²) >= 11 is 1.27. The number of methoxy groups -OCH3 is 1. The van der Waals surface area contributed by atoms with Gasteiger partial charge in [-0.25, -0.2) is 4.98 Å². The molecule has 1 fully saturated rings. The third-order valence-corrected chi connectivity index (χ3v) is 5.01. The molecule has 1 aliphatic heterocycles. The van der Waals surface area contributed by atoms with Crippen molar-refractivity contribution in [3.05, 3.63) is 42.5 Å². The van der Waals surface area contributed by atoms with E-state index in [1.165, 1.54) is 11.8 Å². The van der Waals surface area contributed by atoms with Crippen molar-refractivity contribution < 1.29 is 24.8 Å². The van der Waals surface area contributed by atoms with Gasteiger partial charge in [-0.1, -0.05) is 18.2 Å². The third-order valence-electron chi connectivity index (χ3n) is 3.77. The second-order valence-electron chi connectivity index (χ2n) is 5.46. The number of nitrogens with zero attached hydrogens (tertiary/aromatic N) is 1. The Morgan fingerprint density at radius 1 is 1.08 bits per heavy atom. The van der Waals surface area contributed by atoms with Crippen LogP contribution in [0.4, 0.5) is 0 Å². The Hall–Kier alpha value is -1.80. The van der Waals surface area contributed by atoms with E-state index in [4.69, 9.17) is 9.47 Å². The van der Waals surface area contributed by atoms with E-state index in [1.807, 2.05) is 30.3 Å². The van der Waals surface area contributed by atoms with Gasteiger partial charge < -0.3 is 24.8 Å². The lowest BCUT2D eigenvalue weighted by Crippen LogP contribution is -2.50. The highest BCUT2D eigenvalue weighted by Crippen LogP contribution is 2.31. The van der Waals surface area contributed by atoms with Crippen LogP contribution in [0.25, 0.3) is 11.3 Å². The van der Waals surface area contributed by atoms with Crippen LogP contribution in [0.15, 0.2) is 42.5 Å². The number of rotatable bonds is 4. The summed E-state index contributed by atoms with van der Waals surface area (Å²) in [6.45, 7) is 0. The highest BCUT2D eigenvalue weighted by Gasteiger charge is 2.38. The van der Waals surface area contributed by atoms with E-state index in [1.54, 1.807) is 19.2 Å². The minimum atomic E-state index is -1.21. The van der Waals surface area contributed by atoms with Gasteiger partial charge in [0.1, 0.15) is 18.0 Å². The minimum Gasteiger partial charge on any atom is -0.481 e. The fraction of sp³-hybridized carbons (Fsp3) is 0.353. The topological polar surface area (TPSA) is 92.0 Å². The number of ether oxygens (including phenoxy) is 2. The standard InChI is InChI=1S/C17H19NO5S/c1-22-14-7-3-6-12(18-14)10-4-2-5-11(8-10)23-17-16(21)15(20)13(19)9-24-17/h2-8,13,15-17,19-21H,9H2,1H3/t13-,15+,16-,17+/m1/s1. The molecule has 0 bridgehead atoms. The molecule has 0 aliphatic carbocycles. The zero-order chi connectivity index (χ0) is 17.1. The molecule has 1 saturated heterocycles. The van der Waals surface area contributed by atoms with Gasteiger partial charge in [0.2, 0.25) is 5.88 Å². The van der Waals surface area contributed by atoms with Crippen LogP contribution in [-0.4, -0.2) is 56.9 Å². The Morgan fingerprint density at radius 2 is 1.88 bits per heavy atom. The molecule has 0 radical (unpaired) electrons. The maximum absolute atomic E-state index is 10.0. The molecule has 24 heavy (non-hydrogen) atoms. The lowest BCUT2D eigenvalue weighted by atomic mass is 10.1. The number of thioether (sulfide) groups is 1. The number of aliphatic hydroxyl groups is 3. The minimum absolute atomic E-state index is 0.306. The molecular formula is C17H19NO5S. The Balaban J connectivity index is 1.78. The van der Waals surface area contributed by atoms with Gasteiger partial charge in [-0.3, -0.25) is 0 Å². The van der Waals surface area contributed by atoms with Gasteiger partial charge in [-0.05, 0) is 18.2 Å². The van der Waals surface area contributed by atoms with Gasteiger partial charge in [0.25, 0.3) is 0 Å². The molecule has 2 heterocycles. The van der Waals surface area contributed by atoms with E-state index in [0.717, 1.165) is 11.3 Å². The predicted octanol–water partition coefficient (Wildman–Crippen LogP) is 1.29. The van der Waals surface area contributed by atoms with E-state index in [9.17, 15) is 15.3 Å². The number of aromatic nitrogens is 1. The average molecular weight is 349 g/mol. The highest BCUT2D eigenvalue weighted by atomic mass is 32.2. The van der Waals surface area contributed by atoms with Gasteiger partial charge in [-0.2, -0.15) is 0 Å². The van der Waals surface area contributed by atoms with Crippen molar-refractivity contribution in [1.29, 1.82) is 0 Å². The van der Waals surface area contributed by atoms with Crippen molar-refractivity contribution in [3.8, 4) is 22.9 Å². The molecule has 0 spiro atoms. The van der Waals surface area contributed by atoms with Crippen molar-refractivity contribution in [2.45, 2.75) is 23.7 Å². The summed E-state index contributed by atoms with van der Waals surface area (Å²) in [5.74, 6) is 1.38. The Morgan fingerprint density at radius 3 is 2.67 bits per heavy atom. The van der Waals surface area contributed by atoms with Crippen LogP contribution < -0.4 is 9.47 Å². The first-order chi connectivity index (χ1) is 11.6. The zero-order valence-corrected chi connectivity index (χ0v) is 13.9. The number of aliphatic hydroxyl groups excluding tert-OH is 3. The molecule has 128 valence electrons. The Labute approximate surface area is 144 Å².